The van der Waals surface area contributed by atoms with E-state index < -0.39 is 10.2 Å². The molecule has 0 saturated carbocycles. The first-order valence-electron chi connectivity index (χ1n) is 5.99. The Morgan fingerprint density at radius 3 is 3.06 bits per heavy atom. The molecule has 7 nitrogen and oxygen atoms in total. The molecule has 1 unspecified atom stereocenters. The molecule has 1 saturated heterocycles. The molecule has 1 aliphatic heterocycles. The minimum atomic E-state index is -3.51. The van der Waals surface area contributed by atoms with Crippen LogP contribution in [0.3, 0.4) is 0 Å². The summed E-state index contributed by atoms with van der Waals surface area (Å²) in [4.78, 5) is 0. The minimum absolute atomic E-state index is 0.106. The average molecular weight is 274 g/mol. The fourth-order valence-corrected chi connectivity index (χ4v) is 3.55. The van der Waals surface area contributed by atoms with Crippen molar-refractivity contribution in [1.82, 2.24) is 14.2 Å². The van der Waals surface area contributed by atoms with E-state index in [1.54, 1.807) is 6.07 Å². The van der Waals surface area contributed by atoms with E-state index in [1.165, 1.54) is 10.5 Å². The summed E-state index contributed by atoms with van der Waals surface area (Å²) in [5, 5.41) is 3.52. The number of piperidine rings is 1. The third-order valence-electron chi connectivity index (χ3n) is 3.07. The lowest BCUT2D eigenvalue weighted by atomic mass is 10.1. The number of nitrogens with two attached hydrogens (primary N) is 1. The second-order valence-electron chi connectivity index (χ2n) is 4.30. The first-order chi connectivity index (χ1) is 8.63. The second-order valence-corrected chi connectivity index (χ2v) is 6.01. The lowest BCUT2D eigenvalue weighted by molar-refractivity contribution is 0.253. The van der Waals surface area contributed by atoms with Crippen molar-refractivity contribution >= 4 is 10.2 Å². The van der Waals surface area contributed by atoms with Crippen LogP contribution in [0.5, 0.6) is 0 Å². The molecule has 0 aromatic carbocycles. The van der Waals surface area contributed by atoms with Crippen molar-refractivity contribution in [2.45, 2.75) is 31.8 Å². The fraction of sp³-hybridized carbons (Fsp3) is 0.700. The Bertz CT molecular complexity index is 459. The number of aromatic nitrogens is 1. The standard InChI is InChI=1S/C10H18N4O3S/c11-7-9-3-1-2-6-14(9)18(15,16)13-8-10-4-5-12-17-10/h4-5,9,13H,1-3,6-8,11H2. The third-order valence-corrected chi connectivity index (χ3v) is 4.68. The molecule has 0 radical (unpaired) electrons. The van der Waals surface area contributed by atoms with Crippen LogP contribution in [0.1, 0.15) is 25.0 Å². The minimum Gasteiger partial charge on any atom is -0.360 e. The van der Waals surface area contributed by atoms with E-state index in [9.17, 15) is 8.42 Å². The molecule has 1 aromatic heterocycles. The zero-order valence-corrected chi connectivity index (χ0v) is 10.9. The summed E-state index contributed by atoms with van der Waals surface area (Å²) in [7, 11) is -3.51. The first-order valence-corrected chi connectivity index (χ1v) is 7.43. The Morgan fingerprint density at radius 2 is 2.39 bits per heavy atom. The van der Waals surface area contributed by atoms with Crippen molar-refractivity contribution < 1.29 is 12.9 Å². The van der Waals surface area contributed by atoms with Crippen LogP contribution in [0.15, 0.2) is 16.8 Å². The smallest absolute Gasteiger partial charge is 0.280 e. The monoisotopic (exact) mass is 274 g/mol. The van der Waals surface area contributed by atoms with Crippen LogP contribution in [0.25, 0.3) is 0 Å². The number of nitrogens with one attached hydrogen (secondary N) is 1. The van der Waals surface area contributed by atoms with Gasteiger partial charge in [-0.15, -0.1) is 0 Å². The highest BCUT2D eigenvalue weighted by Crippen LogP contribution is 2.19. The van der Waals surface area contributed by atoms with E-state index >= 15 is 0 Å². The van der Waals surface area contributed by atoms with E-state index in [-0.39, 0.29) is 12.6 Å². The van der Waals surface area contributed by atoms with E-state index in [1.807, 2.05) is 0 Å². The molecule has 8 heteroatoms. The molecule has 2 heterocycles. The fourth-order valence-electron chi connectivity index (χ4n) is 2.10. The van der Waals surface area contributed by atoms with Crippen LogP contribution >= 0.6 is 0 Å². The predicted molar refractivity (Wildman–Crippen MR) is 65.7 cm³/mol. The van der Waals surface area contributed by atoms with Crippen LogP contribution in [0.2, 0.25) is 0 Å². The Kier molecular flexibility index (Phi) is 4.33. The van der Waals surface area contributed by atoms with Gasteiger partial charge in [-0.3, -0.25) is 0 Å². The third kappa shape index (κ3) is 3.08. The van der Waals surface area contributed by atoms with Gasteiger partial charge >= 0.3 is 0 Å². The van der Waals surface area contributed by atoms with Crippen LogP contribution in [0.4, 0.5) is 0 Å². The SMILES string of the molecule is NCC1CCCCN1S(=O)(=O)NCc1ccno1. The van der Waals surface area contributed by atoms with Gasteiger partial charge in [-0.05, 0) is 12.8 Å². The van der Waals surface area contributed by atoms with Gasteiger partial charge in [0.2, 0.25) is 0 Å². The highest BCUT2D eigenvalue weighted by molar-refractivity contribution is 7.87. The highest BCUT2D eigenvalue weighted by atomic mass is 32.2. The Balaban J connectivity index is 2.00. The molecule has 102 valence electrons. The van der Waals surface area contributed by atoms with Gasteiger partial charge in [0.1, 0.15) is 0 Å². The summed E-state index contributed by atoms with van der Waals surface area (Å²) < 4.78 is 33.1. The molecular weight excluding hydrogens is 256 g/mol. The van der Waals surface area contributed by atoms with Gasteiger partial charge in [0.15, 0.2) is 5.76 Å². The molecule has 1 atom stereocenters. The van der Waals surface area contributed by atoms with Crippen LogP contribution in [-0.2, 0) is 16.8 Å². The summed E-state index contributed by atoms with van der Waals surface area (Å²) in [5.74, 6) is 0.486. The molecule has 0 amide bonds. The molecule has 0 bridgehead atoms. The van der Waals surface area contributed by atoms with Gasteiger partial charge in [0, 0.05) is 25.2 Å². The summed E-state index contributed by atoms with van der Waals surface area (Å²) in [6, 6.07) is 1.52. The van der Waals surface area contributed by atoms with Crippen molar-refractivity contribution in [3.05, 3.63) is 18.0 Å². The van der Waals surface area contributed by atoms with Gasteiger partial charge in [-0.1, -0.05) is 11.6 Å². The molecule has 3 N–H and O–H groups in total. The molecule has 1 fully saturated rings. The lowest BCUT2D eigenvalue weighted by Gasteiger charge is -2.33. The average Bonchev–Trinajstić information content (AvgIpc) is 2.89. The van der Waals surface area contributed by atoms with E-state index in [0.717, 1.165) is 19.3 Å². The molecule has 1 aliphatic rings. The molecule has 0 spiro atoms. The molecule has 1 aromatic rings. The van der Waals surface area contributed by atoms with E-state index in [4.69, 9.17) is 10.3 Å². The van der Waals surface area contributed by atoms with Gasteiger partial charge in [0.05, 0.1) is 12.7 Å². The number of hydrogen-bond acceptors (Lipinski definition) is 5. The van der Waals surface area contributed by atoms with Gasteiger partial charge in [0.25, 0.3) is 10.2 Å². The normalized spacial score (nSPS) is 22.2. The van der Waals surface area contributed by atoms with E-state index in [0.29, 0.717) is 18.8 Å². The molecular formula is C10H18N4O3S. The predicted octanol–water partition coefficient (Wildman–Crippen LogP) is -0.178. The summed E-state index contributed by atoms with van der Waals surface area (Å²) in [6.45, 7) is 0.979. The quantitative estimate of drug-likeness (QED) is 0.775. The number of nitrogens with zero attached hydrogens (tertiary/aromatic N) is 2. The van der Waals surface area contributed by atoms with E-state index in [2.05, 4.69) is 9.88 Å². The maximum atomic E-state index is 12.1. The summed E-state index contributed by atoms with van der Waals surface area (Å²) >= 11 is 0. The maximum absolute atomic E-state index is 12.1. The molecule has 18 heavy (non-hydrogen) atoms. The Labute approximate surface area is 106 Å². The lowest BCUT2D eigenvalue weighted by Crippen LogP contribution is -2.51. The van der Waals surface area contributed by atoms with Gasteiger partial charge in [-0.2, -0.15) is 17.4 Å². The van der Waals surface area contributed by atoms with Crippen molar-refractivity contribution in [3.63, 3.8) is 0 Å². The van der Waals surface area contributed by atoms with Crippen molar-refractivity contribution in [3.8, 4) is 0 Å². The van der Waals surface area contributed by atoms with Gasteiger partial charge in [-0.25, -0.2) is 0 Å². The van der Waals surface area contributed by atoms with Crippen LogP contribution < -0.4 is 10.5 Å². The number of rotatable bonds is 5. The van der Waals surface area contributed by atoms with Crippen LogP contribution in [-0.4, -0.2) is 37.0 Å². The largest absolute Gasteiger partial charge is 0.360 e. The molecule has 0 aliphatic carbocycles. The van der Waals surface area contributed by atoms with Gasteiger partial charge < -0.3 is 10.3 Å². The highest BCUT2D eigenvalue weighted by Gasteiger charge is 2.31. The Hall–Kier alpha value is -0.960. The topological polar surface area (TPSA) is 101 Å². The van der Waals surface area contributed by atoms with Crippen molar-refractivity contribution in [2.24, 2.45) is 5.73 Å². The van der Waals surface area contributed by atoms with Crippen LogP contribution in [0, 0.1) is 0 Å². The van der Waals surface area contributed by atoms with Crippen molar-refractivity contribution in [2.75, 3.05) is 13.1 Å². The second kappa shape index (κ2) is 5.79. The summed E-state index contributed by atoms with van der Waals surface area (Å²) in [5.41, 5.74) is 5.62. The number of hydrogen-bond donors (Lipinski definition) is 2. The first kappa shape index (κ1) is 13.5. The van der Waals surface area contributed by atoms with Crippen molar-refractivity contribution in [1.29, 1.82) is 0 Å². The zero-order chi connectivity index (χ0) is 13.0. The zero-order valence-electron chi connectivity index (χ0n) is 10.1. The molecule has 2 rings (SSSR count). The summed E-state index contributed by atoms with van der Waals surface area (Å²) in [6.07, 6.45) is 4.20. The maximum Gasteiger partial charge on any atom is 0.280 e. The Morgan fingerprint density at radius 1 is 1.56 bits per heavy atom.